The molecule has 0 aliphatic rings. The van der Waals surface area contributed by atoms with Gasteiger partial charge in [-0.1, -0.05) is 216 Å². The SMILES string of the molecule is CC/C=C\C/C=C\C/C=C\CCCCCCCC(=O)OC(COC(=O)CCCCCCCCCCCCCCCCCCC/C=C\C/C=C\CCCCCCC)COC(OCC[N+](C)(C)C)C(=O)[O-]. The first-order chi connectivity index (χ1) is 33.6. The van der Waals surface area contributed by atoms with E-state index >= 15 is 0 Å². The number of carboxylic acid groups (broad SMARTS) is 1. The van der Waals surface area contributed by atoms with Gasteiger partial charge in [-0.15, -0.1) is 0 Å². The summed E-state index contributed by atoms with van der Waals surface area (Å²) < 4.78 is 22.6. The summed E-state index contributed by atoms with van der Waals surface area (Å²) in [5.41, 5.74) is 0. The molecule has 9 heteroatoms. The number of esters is 2. The first-order valence-corrected chi connectivity index (χ1v) is 28.4. The van der Waals surface area contributed by atoms with Crippen molar-refractivity contribution >= 4 is 17.9 Å². The number of carboxylic acids is 1. The molecule has 400 valence electrons. The van der Waals surface area contributed by atoms with E-state index < -0.39 is 24.3 Å². The number of allylic oxidation sites excluding steroid dienone is 10. The smallest absolute Gasteiger partial charge is 0.306 e. The fourth-order valence-corrected chi connectivity index (χ4v) is 7.88. The molecule has 0 aromatic rings. The number of rotatable bonds is 52. The van der Waals surface area contributed by atoms with Crippen molar-refractivity contribution in [1.29, 1.82) is 0 Å². The van der Waals surface area contributed by atoms with E-state index in [1.54, 1.807) is 0 Å². The number of carbonyl (C=O) groups is 3. The zero-order chi connectivity index (χ0) is 50.6. The molecular formula is C60H107NO8. The predicted molar refractivity (Wildman–Crippen MR) is 288 cm³/mol. The van der Waals surface area contributed by atoms with Crippen LogP contribution in [0.5, 0.6) is 0 Å². The van der Waals surface area contributed by atoms with Crippen molar-refractivity contribution in [2.45, 2.75) is 257 Å². The highest BCUT2D eigenvalue weighted by Gasteiger charge is 2.22. The molecule has 2 atom stereocenters. The summed E-state index contributed by atoms with van der Waals surface area (Å²) in [6.07, 6.45) is 61.4. The van der Waals surface area contributed by atoms with Gasteiger partial charge in [0.1, 0.15) is 13.2 Å². The molecule has 0 saturated heterocycles. The minimum Gasteiger partial charge on any atom is -0.545 e. The number of ether oxygens (including phenoxy) is 4. The van der Waals surface area contributed by atoms with Gasteiger partial charge in [-0.05, 0) is 77.0 Å². The van der Waals surface area contributed by atoms with Crippen molar-refractivity contribution in [3.8, 4) is 0 Å². The highest BCUT2D eigenvalue weighted by Crippen LogP contribution is 2.16. The van der Waals surface area contributed by atoms with Crippen molar-refractivity contribution in [2.24, 2.45) is 0 Å². The number of unbranched alkanes of at least 4 members (excludes halogenated alkanes) is 27. The van der Waals surface area contributed by atoms with E-state index in [9.17, 15) is 19.5 Å². The second kappa shape index (κ2) is 51.3. The van der Waals surface area contributed by atoms with Crippen LogP contribution >= 0.6 is 0 Å². The Balaban J connectivity index is 4.15. The van der Waals surface area contributed by atoms with Crippen molar-refractivity contribution in [1.82, 2.24) is 0 Å². The molecule has 0 aromatic carbocycles. The Labute approximate surface area is 425 Å². The molecule has 0 amide bonds. The van der Waals surface area contributed by atoms with Gasteiger partial charge in [0.15, 0.2) is 12.4 Å². The summed E-state index contributed by atoms with van der Waals surface area (Å²) >= 11 is 0. The van der Waals surface area contributed by atoms with Crippen LogP contribution in [0.25, 0.3) is 0 Å². The van der Waals surface area contributed by atoms with Crippen LogP contribution in [-0.2, 0) is 33.3 Å². The van der Waals surface area contributed by atoms with Gasteiger partial charge in [0, 0.05) is 12.8 Å². The van der Waals surface area contributed by atoms with Gasteiger partial charge < -0.3 is 33.3 Å². The second-order valence-electron chi connectivity index (χ2n) is 20.2. The summed E-state index contributed by atoms with van der Waals surface area (Å²) in [7, 11) is 5.91. The lowest BCUT2D eigenvalue weighted by molar-refractivity contribution is -0.870. The minimum atomic E-state index is -1.63. The van der Waals surface area contributed by atoms with Gasteiger partial charge in [0.2, 0.25) is 0 Å². The fraction of sp³-hybridized carbons (Fsp3) is 0.783. The van der Waals surface area contributed by atoms with E-state index in [2.05, 4.69) is 74.6 Å². The van der Waals surface area contributed by atoms with Gasteiger partial charge in [0.05, 0.1) is 40.3 Å². The Morgan fingerprint density at radius 1 is 0.449 bits per heavy atom. The molecule has 0 aliphatic heterocycles. The van der Waals surface area contributed by atoms with E-state index in [1.807, 2.05) is 21.1 Å². The van der Waals surface area contributed by atoms with E-state index in [0.717, 1.165) is 77.0 Å². The minimum absolute atomic E-state index is 0.143. The summed E-state index contributed by atoms with van der Waals surface area (Å²) in [6, 6.07) is 0. The van der Waals surface area contributed by atoms with Crippen molar-refractivity contribution < 1.29 is 42.9 Å². The molecule has 69 heavy (non-hydrogen) atoms. The Bertz CT molecular complexity index is 1310. The number of carbonyl (C=O) groups excluding carboxylic acids is 3. The molecule has 0 saturated carbocycles. The number of aliphatic carboxylic acids is 1. The zero-order valence-electron chi connectivity index (χ0n) is 45.4. The average molecular weight is 971 g/mol. The number of quaternary nitrogens is 1. The standard InChI is InChI=1S/C60H107NO8/c1-6-8-10-12-14-16-18-20-22-23-24-25-26-27-28-29-30-31-32-33-34-35-37-38-40-42-44-46-48-50-57(62)67-54-56(55-68-60(59(64)65)66-53-52-61(3,4)5)69-58(63)51-49-47-45-43-41-39-36-21-19-17-15-13-11-9-7-2/h9,11,15,17-18,20-21,23-24,36,56,60H,6-8,10,12-14,16,19,22,25-35,37-55H2,1-5H3/b11-9-,17-15-,20-18-,24-23-,36-21-. The van der Waals surface area contributed by atoms with Crippen molar-refractivity contribution in [3.05, 3.63) is 60.8 Å². The topological polar surface area (TPSA) is 111 Å². The van der Waals surface area contributed by atoms with E-state index in [1.165, 1.54) is 135 Å². The molecule has 0 heterocycles. The first kappa shape index (κ1) is 66.0. The number of hydrogen-bond donors (Lipinski definition) is 0. The number of likely N-dealkylation sites (N-methyl/N-ethyl adjacent to an activating group) is 1. The molecule has 0 spiro atoms. The zero-order valence-corrected chi connectivity index (χ0v) is 45.4. The third kappa shape index (κ3) is 52.6. The predicted octanol–water partition coefficient (Wildman–Crippen LogP) is 15.1. The van der Waals surface area contributed by atoms with E-state index in [0.29, 0.717) is 17.4 Å². The first-order valence-electron chi connectivity index (χ1n) is 28.4. The van der Waals surface area contributed by atoms with Gasteiger partial charge in [-0.25, -0.2) is 0 Å². The second-order valence-corrected chi connectivity index (χ2v) is 20.2. The molecule has 0 bridgehead atoms. The quantitative estimate of drug-likeness (QED) is 0.0195. The summed E-state index contributed by atoms with van der Waals surface area (Å²) in [5.74, 6) is -2.30. The maximum atomic E-state index is 12.8. The summed E-state index contributed by atoms with van der Waals surface area (Å²) in [4.78, 5) is 37.2. The van der Waals surface area contributed by atoms with Crippen molar-refractivity contribution in [3.63, 3.8) is 0 Å². The molecule has 2 unspecified atom stereocenters. The summed E-state index contributed by atoms with van der Waals surface area (Å²) in [6.45, 7) is 4.62. The van der Waals surface area contributed by atoms with Gasteiger partial charge in [-0.2, -0.15) is 0 Å². The number of nitrogens with zero attached hydrogens (tertiary/aromatic N) is 1. The van der Waals surface area contributed by atoms with Crippen LogP contribution in [0.2, 0.25) is 0 Å². The molecule has 0 aliphatic carbocycles. The molecule has 0 N–H and O–H groups in total. The number of hydrogen-bond acceptors (Lipinski definition) is 8. The molecule has 0 rings (SSSR count). The van der Waals surface area contributed by atoms with Gasteiger partial charge in [-0.3, -0.25) is 9.59 Å². The fourth-order valence-electron chi connectivity index (χ4n) is 7.88. The molecule has 0 radical (unpaired) electrons. The van der Waals surface area contributed by atoms with Gasteiger partial charge in [0.25, 0.3) is 0 Å². The molecule has 0 aromatic heterocycles. The third-order valence-electron chi connectivity index (χ3n) is 12.2. The average Bonchev–Trinajstić information content (AvgIpc) is 3.31. The third-order valence-corrected chi connectivity index (χ3v) is 12.2. The van der Waals surface area contributed by atoms with Gasteiger partial charge >= 0.3 is 11.9 Å². The van der Waals surface area contributed by atoms with E-state index in [-0.39, 0.29) is 38.6 Å². The van der Waals surface area contributed by atoms with Crippen LogP contribution < -0.4 is 5.11 Å². The molecule has 9 nitrogen and oxygen atoms in total. The van der Waals surface area contributed by atoms with Crippen molar-refractivity contribution in [2.75, 3.05) is 47.5 Å². The maximum absolute atomic E-state index is 12.8. The van der Waals surface area contributed by atoms with Crippen LogP contribution in [-0.4, -0.2) is 82.3 Å². The Morgan fingerprint density at radius 3 is 1.23 bits per heavy atom. The molecular weight excluding hydrogens is 863 g/mol. The highest BCUT2D eigenvalue weighted by molar-refractivity contribution is 5.70. The Hall–Kier alpha value is -3.01. The Kier molecular flexibility index (Phi) is 49.1. The maximum Gasteiger partial charge on any atom is 0.306 e. The molecule has 0 fully saturated rings. The lowest BCUT2D eigenvalue weighted by Crippen LogP contribution is -2.44. The van der Waals surface area contributed by atoms with Crippen LogP contribution in [0.1, 0.15) is 245 Å². The highest BCUT2D eigenvalue weighted by atomic mass is 16.7. The summed E-state index contributed by atoms with van der Waals surface area (Å²) in [5, 5.41) is 11.7. The lowest BCUT2D eigenvalue weighted by atomic mass is 10.0. The normalized spacial score (nSPS) is 13.2. The van der Waals surface area contributed by atoms with Crippen LogP contribution in [0.3, 0.4) is 0 Å². The van der Waals surface area contributed by atoms with Crippen LogP contribution in [0, 0.1) is 0 Å². The van der Waals surface area contributed by atoms with Crippen LogP contribution in [0.4, 0.5) is 0 Å². The monoisotopic (exact) mass is 970 g/mol. The van der Waals surface area contributed by atoms with E-state index in [4.69, 9.17) is 18.9 Å². The van der Waals surface area contributed by atoms with Crippen LogP contribution in [0.15, 0.2) is 60.8 Å². The Morgan fingerprint density at radius 2 is 0.826 bits per heavy atom. The largest absolute Gasteiger partial charge is 0.545 e. The lowest BCUT2D eigenvalue weighted by Gasteiger charge is -2.26.